The zero-order valence-electron chi connectivity index (χ0n) is 17.6. The third kappa shape index (κ3) is 2.81. The fraction of sp³-hybridized carbons (Fsp3) is 0.192. The maximum Gasteiger partial charge on any atom is 0.240 e. The number of anilines is 1. The van der Waals surface area contributed by atoms with Crippen molar-refractivity contribution in [3.63, 3.8) is 0 Å². The van der Waals surface area contributed by atoms with Crippen LogP contribution in [-0.4, -0.2) is 28.5 Å². The average molecular weight is 475 g/mol. The molecule has 2 fully saturated rings. The van der Waals surface area contributed by atoms with Crippen molar-refractivity contribution in [3.05, 3.63) is 92.8 Å². The van der Waals surface area contributed by atoms with E-state index in [1.165, 1.54) is 16.2 Å². The third-order valence-corrected chi connectivity index (χ3v) is 8.27. The van der Waals surface area contributed by atoms with Gasteiger partial charge in [0.15, 0.2) is 5.78 Å². The summed E-state index contributed by atoms with van der Waals surface area (Å²) in [7, 11) is 0. The van der Waals surface area contributed by atoms with E-state index >= 15 is 0 Å². The number of Topliss-reactive ketones (excluding diaryl/α,β-unsaturated/α-hetero) is 1. The predicted molar refractivity (Wildman–Crippen MR) is 128 cm³/mol. The summed E-state index contributed by atoms with van der Waals surface area (Å²) in [5, 5.41) is 2.34. The average Bonchev–Trinajstić information content (AvgIpc) is 3.52. The molecule has 4 atom stereocenters. The normalized spacial score (nSPS) is 25.3. The lowest BCUT2D eigenvalue weighted by Gasteiger charge is -2.35. The van der Waals surface area contributed by atoms with E-state index in [2.05, 4.69) is 0 Å². The zero-order valence-corrected chi connectivity index (χ0v) is 19.2. The molecule has 0 unspecified atom stereocenters. The number of ketones is 1. The Hall–Kier alpha value is -3.22. The lowest BCUT2D eigenvalue weighted by molar-refractivity contribution is -0.123. The number of imide groups is 1. The highest BCUT2D eigenvalue weighted by atomic mass is 35.5. The molecule has 3 aliphatic heterocycles. The number of benzene rings is 2. The van der Waals surface area contributed by atoms with Crippen LogP contribution >= 0.6 is 22.9 Å². The Kier molecular flexibility index (Phi) is 4.57. The lowest BCUT2D eigenvalue weighted by atomic mass is 9.84. The quantitative estimate of drug-likeness (QED) is 0.391. The molecule has 3 aromatic rings. The van der Waals surface area contributed by atoms with Gasteiger partial charge >= 0.3 is 0 Å². The maximum atomic E-state index is 13.9. The highest BCUT2D eigenvalue weighted by molar-refractivity contribution is 7.12. The molecule has 0 saturated carbocycles. The molecule has 0 N–H and O–H groups in total. The molecule has 2 amide bonds. The summed E-state index contributed by atoms with van der Waals surface area (Å²) in [5.74, 6) is -2.18. The Morgan fingerprint density at radius 1 is 0.970 bits per heavy atom. The smallest absolute Gasteiger partial charge is 0.240 e. The monoisotopic (exact) mass is 474 g/mol. The van der Waals surface area contributed by atoms with E-state index in [0.29, 0.717) is 21.2 Å². The highest BCUT2D eigenvalue weighted by Gasteiger charge is 2.64. The first-order valence-corrected chi connectivity index (χ1v) is 12.0. The summed E-state index contributed by atoms with van der Waals surface area (Å²) in [4.78, 5) is 45.2. The molecule has 6 rings (SSSR count). The van der Waals surface area contributed by atoms with Crippen LogP contribution in [0, 0.1) is 18.8 Å². The SMILES string of the molecule is Cc1c(Cl)cccc1N1C(=O)[C@@H]2[C@H](C1=O)[C@H]1c3ccccc3C=CN1[C@@H]2C(=O)c1cccs1. The first kappa shape index (κ1) is 20.4. The molecule has 0 radical (unpaired) electrons. The summed E-state index contributed by atoms with van der Waals surface area (Å²) < 4.78 is 0. The molecule has 4 heterocycles. The van der Waals surface area contributed by atoms with Gasteiger partial charge in [0.2, 0.25) is 11.8 Å². The van der Waals surface area contributed by atoms with E-state index in [1.807, 2.05) is 52.9 Å². The lowest BCUT2D eigenvalue weighted by Crippen LogP contribution is -2.44. The summed E-state index contributed by atoms with van der Waals surface area (Å²) in [6, 6.07) is 15.5. The van der Waals surface area contributed by atoms with Gasteiger partial charge in [-0.25, -0.2) is 4.90 Å². The second kappa shape index (κ2) is 7.40. The number of rotatable bonds is 3. The van der Waals surface area contributed by atoms with Gasteiger partial charge in [-0.3, -0.25) is 14.4 Å². The van der Waals surface area contributed by atoms with Crippen LogP contribution in [0.3, 0.4) is 0 Å². The van der Waals surface area contributed by atoms with Crippen LogP contribution in [0.1, 0.15) is 32.4 Å². The number of hydrogen-bond donors (Lipinski definition) is 0. The topological polar surface area (TPSA) is 57.7 Å². The summed E-state index contributed by atoms with van der Waals surface area (Å²) in [6.45, 7) is 1.80. The van der Waals surface area contributed by atoms with Crippen LogP contribution < -0.4 is 4.90 Å². The van der Waals surface area contributed by atoms with Crippen molar-refractivity contribution in [1.29, 1.82) is 0 Å². The van der Waals surface area contributed by atoms with E-state index in [4.69, 9.17) is 11.6 Å². The number of halogens is 1. The van der Waals surface area contributed by atoms with Crippen molar-refractivity contribution in [2.75, 3.05) is 4.90 Å². The van der Waals surface area contributed by atoms with Crippen molar-refractivity contribution < 1.29 is 14.4 Å². The summed E-state index contributed by atoms with van der Waals surface area (Å²) in [6.07, 6.45) is 3.83. The second-order valence-electron chi connectivity index (χ2n) is 8.57. The Morgan fingerprint density at radius 3 is 2.55 bits per heavy atom. The maximum absolute atomic E-state index is 13.9. The molecule has 5 nitrogen and oxygen atoms in total. The van der Waals surface area contributed by atoms with Crippen LogP contribution in [0.2, 0.25) is 5.02 Å². The molecule has 33 heavy (non-hydrogen) atoms. The largest absolute Gasteiger partial charge is 0.358 e. The molecule has 2 aromatic carbocycles. The van der Waals surface area contributed by atoms with Crippen LogP contribution in [0.25, 0.3) is 6.08 Å². The van der Waals surface area contributed by atoms with E-state index in [-0.39, 0.29) is 23.6 Å². The number of thiophene rings is 1. The molecule has 0 bridgehead atoms. The summed E-state index contributed by atoms with van der Waals surface area (Å²) >= 11 is 7.67. The van der Waals surface area contributed by atoms with Crippen molar-refractivity contribution in [3.8, 4) is 0 Å². The van der Waals surface area contributed by atoms with Crippen molar-refractivity contribution in [2.24, 2.45) is 11.8 Å². The number of amides is 2. The Bertz CT molecular complexity index is 1350. The molecule has 164 valence electrons. The third-order valence-electron chi connectivity index (χ3n) is 6.97. The van der Waals surface area contributed by atoms with E-state index in [0.717, 1.165) is 11.1 Å². The minimum absolute atomic E-state index is 0.127. The predicted octanol–water partition coefficient (Wildman–Crippen LogP) is 5.11. The number of carbonyl (C=O) groups is 3. The van der Waals surface area contributed by atoms with Crippen LogP contribution in [0.4, 0.5) is 5.69 Å². The molecular formula is C26H19ClN2O3S. The fourth-order valence-corrected chi connectivity index (χ4v) is 6.36. The Labute approximate surface area is 199 Å². The fourth-order valence-electron chi connectivity index (χ4n) is 5.50. The first-order chi connectivity index (χ1) is 16.0. The molecule has 0 aliphatic carbocycles. The summed E-state index contributed by atoms with van der Waals surface area (Å²) in [5.41, 5.74) is 3.12. The van der Waals surface area contributed by atoms with Crippen LogP contribution in [0.5, 0.6) is 0 Å². The molecule has 3 aliphatic rings. The van der Waals surface area contributed by atoms with Crippen molar-refractivity contribution >= 4 is 52.3 Å². The second-order valence-corrected chi connectivity index (χ2v) is 9.93. The standard InChI is InChI=1S/C26H19ClN2O3S/c1-14-17(27)8-4-9-18(14)29-25(31)20-21(26(29)32)23(24(30)19-10-5-13-33-19)28-12-11-15-6-2-3-7-16(15)22(20)28/h2-13,20-23H,1H3/t20-,21+,22+,23-/m0/s1. The van der Waals surface area contributed by atoms with Gasteiger partial charge in [-0.05, 0) is 53.3 Å². The number of nitrogens with zero attached hydrogens (tertiary/aromatic N) is 2. The highest BCUT2D eigenvalue weighted by Crippen LogP contribution is 2.54. The van der Waals surface area contributed by atoms with Crippen molar-refractivity contribution in [2.45, 2.75) is 19.0 Å². The van der Waals surface area contributed by atoms with Gasteiger partial charge in [0.1, 0.15) is 6.04 Å². The van der Waals surface area contributed by atoms with Gasteiger partial charge in [0, 0.05) is 11.2 Å². The van der Waals surface area contributed by atoms with E-state index in [1.54, 1.807) is 31.2 Å². The van der Waals surface area contributed by atoms with Gasteiger partial charge in [0.25, 0.3) is 0 Å². The number of hydrogen-bond acceptors (Lipinski definition) is 5. The van der Waals surface area contributed by atoms with Crippen LogP contribution in [0.15, 0.2) is 66.2 Å². The van der Waals surface area contributed by atoms with Gasteiger partial charge in [-0.1, -0.05) is 48.0 Å². The van der Waals surface area contributed by atoms with Gasteiger partial charge in [-0.15, -0.1) is 11.3 Å². The van der Waals surface area contributed by atoms with Crippen molar-refractivity contribution in [1.82, 2.24) is 4.90 Å². The van der Waals surface area contributed by atoms with Crippen LogP contribution in [-0.2, 0) is 9.59 Å². The Balaban J connectivity index is 1.52. The zero-order chi connectivity index (χ0) is 22.9. The molecule has 0 spiro atoms. The molecular weight excluding hydrogens is 456 g/mol. The Morgan fingerprint density at radius 2 is 1.76 bits per heavy atom. The van der Waals surface area contributed by atoms with Gasteiger partial charge < -0.3 is 4.90 Å². The molecule has 1 aromatic heterocycles. The molecule has 2 saturated heterocycles. The van der Waals surface area contributed by atoms with E-state index < -0.39 is 17.9 Å². The van der Waals surface area contributed by atoms with E-state index in [9.17, 15) is 14.4 Å². The number of carbonyl (C=O) groups excluding carboxylic acids is 3. The molecule has 7 heteroatoms. The van der Waals surface area contributed by atoms with Gasteiger partial charge in [0.05, 0.1) is 28.4 Å². The minimum Gasteiger partial charge on any atom is -0.358 e. The minimum atomic E-state index is -0.772. The first-order valence-electron chi connectivity index (χ1n) is 10.7. The number of fused-ring (bicyclic) bond motifs is 5. The van der Waals surface area contributed by atoms with Gasteiger partial charge in [-0.2, -0.15) is 0 Å².